The first-order valence-electron chi connectivity index (χ1n) is 12.8. The first-order valence-corrected chi connectivity index (χ1v) is 14.2. The summed E-state index contributed by atoms with van der Waals surface area (Å²) in [5.41, 5.74) is 3.85. The first kappa shape index (κ1) is 29.2. The second-order valence-corrected chi connectivity index (χ2v) is 10.5. The van der Waals surface area contributed by atoms with Gasteiger partial charge in [-0.05, 0) is 37.3 Å². The predicted octanol–water partition coefficient (Wildman–Crippen LogP) is 5.35. The van der Waals surface area contributed by atoms with Gasteiger partial charge in [0.2, 0.25) is 5.91 Å². The summed E-state index contributed by atoms with van der Waals surface area (Å²) < 4.78 is 1.32. The average molecular weight is 611 g/mol. The monoisotopic (exact) mass is 610 g/mol. The molecule has 0 unspecified atom stereocenters. The molecule has 0 aliphatic carbocycles. The van der Waals surface area contributed by atoms with Gasteiger partial charge in [0, 0.05) is 34.4 Å². The van der Waals surface area contributed by atoms with Crippen LogP contribution in [0.5, 0.6) is 0 Å². The number of nitrogens with one attached hydrogen (secondary N) is 3. The lowest BCUT2D eigenvalue weighted by Crippen LogP contribution is -2.36. The van der Waals surface area contributed by atoms with E-state index in [9.17, 15) is 14.9 Å². The zero-order valence-corrected chi connectivity index (χ0v) is 24.2. The molecule has 0 saturated carbocycles. The van der Waals surface area contributed by atoms with Crippen LogP contribution in [0, 0.1) is 18.3 Å². The molecule has 0 radical (unpaired) electrons. The second kappa shape index (κ2) is 13.6. The van der Waals surface area contributed by atoms with Crippen molar-refractivity contribution in [2.45, 2.75) is 24.4 Å². The smallest absolute Gasteiger partial charge is 0.327 e. The maximum absolute atomic E-state index is 12.3. The summed E-state index contributed by atoms with van der Waals surface area (Å²) in [6.45, 7) is 1.77. The number of anilines is 3. The zero-order valence-electron chi connectivity index (χ0n) is 22.7. The number of halogens is 1. The number of nitriles is 1. The maximum Gasteiger partial charge on any atom is 0.327 e. The van der Waals surface area contributed by atoms with Crippen molar-refractivity contribution in [3.8, 4) is 17.3 Å². The number of carbonyl (C=O) groups excluding carboxylic acids is 2. The molecule has 0 aliphatic heterocycles. The van der Waals surface area contributed by atoms with E-state index in [-0.39, 0.29) is 12.1 Å². The summed E-state index contributed by atoms with van der Waals surface area (Å²) in [7, 11) is 0. The fourth-order valence-corrected chi connectivity index (χ4v) is 4.75. The number of hydrogen-bond donors (Lipinski definition) is 3. The van der Waals surface area contributed by atoms with Gasteiger partial charge in [0.1, 0.15) is 24.0 Å². The first-order chi connectivity index (χ1) is 20.9. The van der Waals surface area contributed by atoms with E-state index in [1.807, 2.05) is 37.3 Å². The lowest BCUT2D eigenvalue weighted by atomic mass is 10.1. The highest BCUT2D eigenvalue weighted by Crippen LogP contribution is 2.32. The molecule has 0 aliphatic rings. The Kier molecular flexibility index (Phi) is 9.20. The lowest BCUT2D eigenvalue weighted by Gasteiger charge is -2.13. The molecule has 5 aromatic rings. The number of pyridine rings is 1. The van der Waals surface area contributed by atoms with Gasteiger partial charge in [-0.3, -0.25) is 15.4 Å². The van der Waals surface area contributed by atoms with Crippen molar-refractivity contribution in [3.63, 3.8) is 0 Å². The second-order valence-electron chi connectivity index (χ2n) is 9.10. The van der Waals surface area contributed by atoms with Crippen LogP contribution in [0.15, 0.2) is 84.3 Å². The number of aromatic nitrogens is 6. The number of carbonyl (C=O) groups is 2. The molecular weight excluding hydrogens is 588 g/mol. The Morgan fingerprint density at radius 2 is 1.91 bits per heavy atom. The van der Waals surface area contributed by atoms with E-state index in [0.717, 1.165) is 11.1 Å². The molecule has 5 rings (SSSR count). The van der Waals surface area contributed by atoms with Gasteiger partial charge in [0.15, 0.2) is 11.0 Å². The minimum Gasteiger partial charge on any atom is -0.339 e. The Bertz CT molecular complexity index is 1810. The van der Waals surface area contributed by atoms with Crippen LogP contribution in [0.4, 0.5) is 22.1 Å². The number of amides is 3. The van der Waals surface area contributed by atoms with E-state index in [1.54, 1.807) is 42.6 Å². The lowest BCUT2D eigenvalue weighted by molar-refractivity contribution is -0.120. The highest BCUT2D eigenvalue weighted by molar-refractivity contribution is 7.98. The third-order valence-electron chi connectivity index (χ3n) is 5.81. The number of benzene rings is 2. The van der Waals surface area contributed by atoms with Gasteiger partial charge in [-0.2, -0.15) is 5.26 Å². The van der Waals surface area contributed by atoms with Gasteiger partial charge < -0.3 is 5.32 Å². The molecule has 14 heteroatoms. The van der Waals surface area contributed by atoms with Crippen molar-refractivity contribution in [1.82, 2.24) is 35.3 Å². The van der Waals surface area contributed by atoms with E-state index in [4.69, 9.17) is 16.6 Å². The Hall–Kier alpha value is -5.32. The molecular formula is C29H23ClN10O2S. The van der Waals surface area contributed by atoms with Gasteiger partial charge in [-0.25, -0.2) is 24.4 Å². The predicted molar refractivity (Wildman–Crippen MR) is 163 cm³/mol. The standard InChI is InChI=1S/C29H23ClN10O2S/c1-18-8-10-19(11-9-18)26-23(14-31)27(33-21-6-4-5-20(30)13-21)37-29(36-26)43-17-22-15-40(39-38-22)16-25(41)35-28(42)34-24-7-2-3-12-32-24/h2-13,15H,16-17H2,1H3,(H,33,36,37)(H2,32,34,35,41,42). The third-order valence-corrected chi connectivity index (χ3v) is 6.93. The van der Waals surface area contributed by atoms with Crippen LogP contribution in [0.2, 0.25) is 5.02 Å². The molecule has 0 spiro atoms. The Morgan fingerprint density at radius 1 is 1.07 bits per heavy atom. The summed E-state index contributed by atoms with van der Waals surface area (Å²) in [5.74, 6) is 0.404. The van der Waals surface area contributed by atoms with E-state index in [1.165, 1.54) is 22.6 Å². The number of hydrogen-bond acceptors (Lipinski definition) is 10. The van der Waals surface area contributed by atoms with Crippen molar-refractivity contribution < 1.29 is 9.59 Å². The van der Waals surface area contributed by atoms with Crippen molar-refractivity contribution in [2.75, 3.05) is 10.6 Å². The molecule has 3 aromatic heterocycles. The summed E-state index contributed by atoms with van der Waals surface area (Å²) >= 11 is 7.45. The Morgan fingerprint density at radius 3 is 2.65 bits per heavy atom. The van der Waals surface area contributed by atoms with Crippen molar-refractivity contribution in [2.24, 2.45) is 0 Å². The molecule has 0 bridgehead atoms. The number of urea groups is 1. The van der Waals surface area contributed by atoms with Crippen molar-refractivity contribution in [3.05, 3.63) is 101 Å². The fraction of sp³-hybridized carbons (Fsp3) is 0.103. The molecule has 0 atom stereocenters. The molecule has 0 saturated heterocycles. The fourth-order valence-electron chi connectivity index (χ4n) is 3.84. The van der Waals surface area contributed by atoms with Gasteiger partial charge in [0.25, 0.3) is 0 Å². The van der Waals surface area contributed by atoms with Crippen LogP contribution in [-0.4, -0.2) is 41.9 Å². The number of aryl methyl sites for hydroxylation is 1. The summed E-state index contributed by atoms with van der Waals surface area (Å²) in [6.07, 6.45) is 3.12. The molecule has 2 aromatic carbocycles. The summed E-state index contributed by atoms with van der Waals surface area (Å²) in [5, 5.41) is 27.0. The van der Waals surface area contributed by atoms with Crippen LogP contribution in [0.25, 0.3) is 11.3 Å². The van der Waals surface area contributed by atoms with Gasteiger partial charge in [-0.15, -0.1) is 5.10 Å². The topological polar surface area (TPSA) is 163 Å². The molecule has 0 fully saturated rings. The Balaban J connectivity index is 1.30. The van der Waals surface area contributed by atoms with E-state index < -0.39 is 11.9 Å². The molecule has 3 heterocycles. The largest absolute Gasteiger partial charge is 0.339 e. The third kappa shape index (κ3) is 7.91. The van der Waals surface area contributed by atoms with E-state index in [2.05, 4.69) is 42.3 Å². The van der Waals surface area contributed by atoms with Crippen molar-refractivity contribution >= 4 is 52.6 Å². The SMILES string of the molecule is Cc1ccc(-c2nc(SCc3cn(CC(=O)NC(=O)Nc4ccccn4)nn3)nc(Nc3cccc(Cl)c3)c2C#N)cc1. The summed E-state index contributed by atoms with van der Waals surface area (Å²) in [6, 6.07) is 21.4. The van der Waals surface area contributed by atoms with Gasteiger partial charge >= 0.3 is 6.03 Å². The molecule has 12 nitrogen and oxygen atoms in total. The Labute approximate surface area is 255 Å². The van der Waals surface area contributed by atoms with E-state index in [0.29, 0.717) is 44.6 Å². The van der Waals surface area contributed by atoms with Crippen LogP contribution >= 0.6 is 23.4 Å². The number of imide groups is 1. The van der Waals surface area contributed by atoms with Crippen LogP contribution < -0.4 is 16.0 Å². The van der Waals surface area contributed by atoms with Crippen LogP contribution in [0.3, 0.4) is 0 Å². The number of rotatable bonds is 9. The number of nitrogens with zero attached hydrogens (tertiary/aromatic N) is 7. The molecule has 214 valence electrons. The average Bonchev–Trinajstić information content (AvgIpc) is 3.43. The van der Waals surface area contributed by atoms with Gasteiger partial charge in [-0.1, -0.05) is 70.5 Å². The minimum atomic E-state index is -0.705. The number of thioether (sulfide) groups is 1. The van der Waals surface area contributed by atoms with E-state index >= 15 is 0 Å². The zero-order chi connectivity index (χ0) is 30.2. The normalized spacial score (nSPS) is 10.5. The van der Waals surface area contributed by atoms with Crippen molar-refractivity contribution in [1.29, 1.82) is 5.26 Å². The highest BCUT2D eigenvalue weighted by atomic mass is 35.5. The van der Waals surface area contributed by atoms with Crippen LogP contribution in [-0.2, 0) is 17.1 Å². The minimum absolute atomic E-state index is 0.216. The van der Waals surface area contributed by atoms with Crippen LogP contribution in [0.1, 0.15) is 16.8 Å². The molecule has 3 N–H and O–H groups in total. The van der Waals surface area contributed by atoms with Gasteiger partial charge in [0.05, 0.1) is 11.4 Å². The highest BCUT2D eigenvalue weighted by Gasteiger charge is 2.18. The molecule has 3 amide bonds. The quantitative estimate of drug-likeness (QED) is 0.146. The molecule has 43 heavy (non-hydrogen) atoms. The summed E-state index contributed by atoms with van der Waals surface area (Å²) in [4.78, 5) is 37.7. The maximum atomic E-state index is 12.3.